The van der Waals surface area contributed by atoms with Gasteiger partial charge in [-0.3, -0.25) is 4.98 Å². The number of rotatable bonds is 3. The first-order valence-corrected chi connectivity index (χ1v) is 7.26. The van der Waals surface area contributed by atoms with Crippen molar-refractivity contribution in [3.63, 3.8) is 0 Å². The Morgan fingerprint density at radius 3 is 3.00 bits per heavy atom. The van der Waals surface area contributed by atoms with Crippen molar-refractivity contribution < 1.29 is 8.76 Å². The first kappa shape index (κ1) is 12.7. The van der Waals surface area contributed by atoms with E-state index < -0.39 is 11.1 Å². The van der Waals surface area contributed by atoms with Gasteiger partial charge in [-0.05, 0) is 45.6 Å². The van der Waals surface area contributed by atoms with E-state index in [2.05, 4.69) is 20.9 Å². The first-order valence-electron chi connectivity index (χ1n) is 5.19. The molecule has 0 fully saturated rings. The van der Waals surface area contributed by atoms with E-state index in [-0.39, 0.29) is 11.7 Å². The van der Waals surface area contributed by atoms with E-state index in [1.54, 1.807) is 6.20 Å². The Hall–Kier alpha value is -0.780. The predicted molar refractivity (Wildman–Crippen MR) is 73.5 cm³/mol. The van der Waals surface area contributed by atoms with Gasteiger partial charge in [-0.15, -0.1) is 0 Å². The Bertz CT molecular complexity index is 573. The van der Waals surface area contributed by atoms with Gasteiger partial charge in [-0.2, -0.15) is 0 Å². The maximum absolute atomic E-state index is 10.8. The van der Waals surface area contributed by atoms with Crippen molar-refractivity contribution in [2.24, 2.45) is 0 Å². The normalized spacial score (nSPS) is 14.8. The highest BCUT2D eigenvalue weighted by molar-refractivity contribution is 9.10. The summed E-state index contributed by atoms with van der Waals surface area (Å²) in [5, 5.41) is 1.03. The van der Waals surface area contributed by atoms with Gasteiger partial charge in [0.1, 0.15) is 0 Å². The molecule has 0 amide bonds. The predicted octanol–water partition coefficient (Wildman–Crippen LogP) is 3.32. The molecule has 2 atom stereocenters. The topological polar surface area (TPSA) is 50.2 Å². The maximum atomic E-state index is 10.8. The third-order valence-electron chi connectivity index (χ3n) is 2.64. The molecule has 17 heavy (non-hydrogen) atoms. The summed E-state index contributed by atoms with van der Waals surface area (Å²) >= 11 is 1.71. The Kier molecular flexibility index (Phi) is 3.91. The van der Waals surface area contributed by atoms with Gasteiger partial charge in [-0.1, -0.05) is 13.0 Å². The van der Waals surface area contributed by atoms with Crippen molar-refractivity contribution >= 4 is 37.9 Å². The number of fused-ring (bicyclic) bond motifs is 1. The van der Waals surface area contributed by atoms with E-state index in [9.17, 15) is 4.21 Å². The molecule has 3 nitrogen and oxygen atoms in total. The molecule has 0 aliphatic rings. The van der Waals surface area contributed by atoms with Crippen LogP contribution in [0, 0.1) is 0 Å². The molecular formula is C12H12BrNO2S. The van der Waals surface area contributed by atoms with E-state index in [4.69, 9.17) is 4.55 Å². The van der Waals surface area contributed by atoms with Gasteiger partial charge in [0.25, 0.3) is 0 Å². The van der Waals surface area contributed by atoms with Gasteiger partial charge in [0.2, 0.25) is 0 Å². The summed E-state index contributed by atoms with van der Waals surface area (Å²) in [6.45, 7) is 1.94. The van der Waals surface area contributed by atoms with Gasteiger partial charge in [0.15, 0.2) is 11.1 Å². The van der Waals surface area contributed by atoms with Crippen LogP contribution in [0.15, 0.2) is 34.9 Å². The van der Waals surface area contributed by atoms with Crippen LogP contribution in [0.2, 0.25) is 0 Å². The second-order valence-corrected chi connectivity index (χ2v) is 5.80. The van der Waals surface area contributed by atoms with Gasteiger partial charge in [0, 0.05) is 16.1 Å². The Morgan fingerprint density at radius 2 is 2.29 bits per heavy atom. The quantitative estimate of drug-likeness (QED) is 0.884. The minimum atomic E-state index is -1.77. The fourth-order valence-electron chi connectivity index (χ4n) is 1.76. The number of hydrogen-bond donors (Lipinski definition) is 1. The first-order chi connectivity index (χ1) is 8.08. The van der Waals surface area contributed by atoms with Gasteiger partial charge in [-0.25, -0.2) is 4.21 Å². The smallest absolute Gasteiger partial charge is 0.153 e. The van der Waals surface area contributed by atoms with Gasteiger partial charge in [0.05, 0.1) is 11.3 Å². The molecular weight excluding hydrogens is 302 g/mol. The fraction of sp³-hybridized carbons (Fsp3) is 0.250. The number of halogens is 1. The summed E-state index contributed by atoms with van der Waals surface area (Å²) in [5.74, 6) is 0.292. The largest absolute Gasteiger partial charge is 0.306 e. The van der Waals surface area contributed by atoms with Crippen molar-refractivity contribution in [3.05, 3.63) is 40.5 Å². The standard InChI is InChI=1S/C12H12BrNO2S/c1-8(7-17(15)16)10-5-9-3-2-4-14-12(9)11(13)6-10/h2-6,8H,7H2,1H3,(H,15,16). The third kappa shape index (κ3) is 2.91. The summed E-state index contributed by atoms with van der Waals surface area (Å²) in [6, 6.07) is 7.85. The van der Waals surface area contributed by atoms with E-state index in [1.807, 2.05) is 31.2 Å². The zero-order valence-corrected chi connectivity index (χ0v) is 11.7. The van der Waals surface area contributed by atoms with Crippen LogP contribution in [0.5, 0.6) is 0 Å². The summed E-state index contributed by atoms with van der Waals surface area (Å²) in [7, 11) is 0. The molecule has 90 valence electrons. The summed E-state index contributed by atoms with van der Waals surface area (Å²) < 4.78 is 20.7. The van der Waals surface area contributed by atoms with Crippen LogP contribution >= 0.6 is 15.9 Å². The monoisotopic (exact) mass is 313 g/mol. The minimum Gasteiger partial charge on any atom is -0.306 e. The third-order valence-corrected chi connectivity index (χ3v) is 4.03. The van der Waals surface area contributed by atoms with Crippen molar-refractivity contribution in [1.29, 1.82) is 0 Å². The molecule has 2 rings (SSSR count). The molecule has 0 bridgehead atoms. The molecule has 5 heteroatoms. The van der Waals surface area contributed by atoms with Gasteiger partial charge < -0.3 is 4.55 Å². The van der Waals surface area contributed by atoms with Crippen LogP contribution in [0.25, 0.3) is 10.9 Å². The molecule has 2 unspecified atom stereocenters. The molecule has 0 radical (unpaired) electrons. The van der Waals surface area contributed by atoms with Crippen molar-refractivity contribution in [2.75, 3.05) is 5.75 Å². The SMILES string of the molecule is CC(CS(=O)O)c1cc(Br)c2ncccc2c1. The van der Waals surface area contributed by atoms with E-state index in [0.29, 0.717) is 0 Å². The molecule has 1 heterocycles. The van der Waals surface area contributed by atoms with Crippen LogP contribution in [0.3, 0.4) is 0 Å². The lowest BCUT2D eigenvalue weighted by Gasteiger charge is -2.11. The number of aromatic nitrogens is 1. The van der Waals surface area contributed by atoms with Crippen LogP contribution < -0.4 is 0 Å². The van der Waals surface area contributed by atoms with E-state index in [1.165, 1.54) is 0 Å². The maximum Gasteiger partial charge on any atom is 0.153 e. The van der Waals surface area contributed by atoms with Crippen molar-refractivity contribution in [1.82, 2.24) is 4.98 Å². The lowest BCUT2D eigenvalue weighted by atomic mass is 10.0. The van der Waals surface area contributed by atoms with E-state index in [0.717, 1.165) is 20.9 Å². The van der Waals surface area contributed by atoms with Crippen molar-refractivity contribution in [3.8, 4) is 0 Å². The number of pyridine rings is 1. The number of benzene rings is 1. The molecule has 0 aliphatic heterocycles. The van der Waals surface area contributed by atoms with Crippen molar-refractivity contribution in [2.45, 2.75) is 12.8 Å². The Morgan fingerprint density at radius 1 is 1.53 bits per heavy atom. The zero-order valence-electron chi connectivity index (χ0n) is 9.26. The minimum absolute atomic E-state index is 0.0433. The average Bonchev–Trinajstić information content (AvgIpc) is 2.28. The number of nitrogens with zero attached hydrogens (tertiary/aromatic N) is 1. The highest BCUT2D eigenvalue weighted by Gasteiger charge is 2.11. The zero-order chi connectivity index (χ0) is 12.4. The highest BCUT2D eigenvalue weighted by atomic mass is 79.9. The van der Waals surface area contributed by atoms with Crippen LogP contribution in [-0.2, 0) is 11.1 Å². The lowest BCUT2D eigenvalue weighted by molar-refractivity contribution is 0.559. The summed E-state index contributed by atoms with van der Waals surface area (Å²) in [6.07, 6.45) is 1.75. The Labute approximate surface area is 111 Å². The van der Waals surface area contributed by atoms with Crippen LogP contribution in [0.4, 0.5) is 0 Å². The van der Waals surface area contributed by atoms with Crippen LogP contribution in [0.1, 0.15) is 18.4 Å². The molecule has 1 N–H and O–H groups in total. The second-order valence-electron chi connectivity index (χ2n) is 3.97. The molecule has 0 aliphatic carbocycles. The van der Waals surface area contributed by atoms with Gasteiger partial charge >= 0.3 is 0 Å². The number of hydrogen-bond acceptors (Lipinski definition) is 2. The fourth-order valence-corrected chi connectivity index (χ4v) is 2.98. The van der Waals surface area contributed by atoms with Crippen LogP contribution in [-0.4, -0.2) is 19.5 Å². The molecule has 1 aromatic heterocycles. The highest BCUT2D eigenvalue weighted by Crippen LogP contribution is 2.27. The summed E-state index contributed by atoms with van der Waals surface area (Å²) in [4.78, 5) is 4.29. The second kappa shape index (κ2) is 5.25. The molecule has 0 saturated carbocycles. The molecule has 1 aromatic carbocycles. The molecule has 0 saturated heterocycles. The Balaban J connectivity index is 2.46. The molecule has 0 spiro atoms. The van der Waals surface area contributed by atoms with E-state index >= 15 is 0 Å². The molecule has 2 aromatic rings. The summed E-state index contributed by atoms with van der Waals surface area (Å²) in [5.41, 5.74) is 1.95. The lowest BCUT2D eigenvalue weighted by Crippen LogP contribution is -2.05. The average molecular weight is 314 g/mol.